The van der Waals surface area contributed by atoms with Crippen molar-refractivity contribution < 1.29 is 9.90 Å². The average Bonchev–Trinajstić information content (AvgIpc) is 2.69. The number of benzene rings is 1. The molecule has 1 aromatic carbocycles. The van der Waals surface area contributed by atoms with E-state index in [1.54, 1.807) is 31.2 Å². The molecule has 0 aliphatic rings. The Morgan fingerprint density at radius 2 is 1.83 bits per heavy atom. The van der Waals surface area contributed by atoms with Crippen LogP contribution in [-0.2, 0) is 4.79 Å². The molecule has 29 heavy (non-hydrogen) atoms. The Morgan fingerprint density at radius 3 is 2.45 bits per heavy atom. The van der Waals surface area contributed by atoms with Crippen LogP contribution in [0.4, 0.5) is 0 Å². The van der Waals surface area contributed by atoms with Crippen LogP contribution in [0.2, 0.25) is 0 Å². The lowest BCUT2D eigenvalue weighted by molar-refractivity contribution is -0.121. The molecule has 2 aromatic rings. The van der Waals surface area contributed by atoms with Crippen molar-refractivity contribution in [3.63, 3.8) is 0 Å². The second kappa shape index (κ2) is 10.4. The Kier molecular flexibility index (Phi) is 7.94. The number of aromatic nitrogens is 2. The van der Waals surface area contributed by atoms with Gasteiger partial charge in [-0.05, 0) is 31.9 Å². The summed E-state index contributed by atoms with van der Waals surface area (Å²) in [7, 11) is 0. The maximum absolute atomic E-state index is 12.4. The molecule has 156 valence electrons. The van der Waals surface area contributed by atoms with Gasteiger partial charge in [0, 0.05) is 6.42 Å². The van der Waals surface area contributed by atoms with E-state index in [1.807, 2.05) is 6.92 Å². The highest BCUT2D eigenvalue weighted by atomic mass is 16.3. The number of hydrogen-bond acceptors (Lipinski definition) is 5. The largest absolute Gasteiger partial charge is 0.493 e. The number of aromatic amines is 1. The number of carbonyl (C=O) groups is 1. The molecule has 2 rings (SSSR count). The fourth-order valence-corrected chi connectivity index (χ4v) is 2.93. The molecule has 1 aromatic heterocycles. The van der Waals surface area contributed by atoms with Crippen molar-refractivity contribution in [1.29, 1.82) is 0 Å². The lowest BCUT2D eigenvalue weighted by atomic mass is 10.1. The third kappa shape index (κ3) is 5.66. The minimum atomic E-state index is -0.756. The van der Waals surface area contributed by atoms with E-state index in [0.717, 1.165) is 35.8 Å². The van der Waals surface area contributed by atoms with Crippen LogP contribution in [0.3, 0.4) is 0 Å². The highest BCUT2D eigenvalue weighted by molar-refractivity contribution is 6.02. The maximum atomic E-state index is 12.4. The summed E-state index contributed by atoms with van der Waals surface area (Å²) in [4.78, 5) is 38.8. The number of hydrogen-bond donors (Lipinski definition) is 3. The molecule has 0 fully saturated rings. The van der Waals surface area contributed by atoms with Crippen LogP contribution in [0.25, 0.3) is 5.69 Å². The Morgan fingerprint density at radius 1 is 1.14 bits per heavy atom. The molecule has 0 spiro atoms. The molecule has 8 nitrogen and oxygen atoms in total. The van der Waals surface area contributed by atoms with Gasteiger partial charge in [0.05, 0.1) is 11.4 Å². The minimum Gasteiger partial charge on any atom is -0.493 e. The fraction of sp³-hybridized carbons (Fsp3) is 0.429. The van der Waals surface area contributed by atoms with Crippen LogP contribution >= 0.6 is 0 Å². The SMILES string of the molecule is CCCCCCC(=O)N/N=C(/CC)c1c(O)n(-c2ccc(C)cc2)c(=O)[nH]c1=O. The normalized spacial score (nSPS) is 11.5. The quantitative estimate of drug-likeness (QED) is 0.341. The van der Waals surface area contributed by atoms with Gasteiger partial charge in [-0.25, -0.2) is 14.8 Å². The third-order valence-corrected chi connectivity index (χ3v) is 4.57. The van der Waals surface area contributed by atoms with Gasteiger partial charge in [0.1, 0.15) is 5.56 Å². The van der Waals surface area contributed by atoms with Gasteiger partial charge in [0.2, 0.25) is 11.8 Å². The van der Waals surface area contributed by atoms with Crippen molar-refractivity contribution in [2.75, 3.05) is 0 Å². The predicted molar refractivity (Wildman–Crippen MR) is 113 cm³/mol. The molecule has 3 N–H and O–H groups in total. The first-order chi connectivity index (χ1) is 13.9. The zero-order chi connectivity index (χ0) is 21.4. The van der Waals surface area contributed by atoms with E-state index in [0.29, 0.717) is 12.1 Å². The molecule has 0 bridgehead atoms. The van der Waals surface area contributed by atoms with Crippen LogP contribution < -0.4 is 16.7 Å². The predicted octanol–water partition coefficient (Wildman–Crippen LogP) is 2.74. The van der Waals surface area contributed by atoms with Crippen LogP contribution in [0.15, 0.2) is 39.0 Å². The van der Waals surface area contributed by atoms with E-state index in [2.05, 4.69) is 22.4 Å². The lowest BCUT2D eigenvalue weighted by Gasteiger charge is -2.12. The van der Waals surface area contributed by atoms with E-state index in [1.165, 1.54) is 0 Å². The van der Waals surface area contributed by atoms with Crippen molar-refractivity contribution in [2.24, 2.45) is 5.10 Å². The highest BCUT2D eigenvalue weighted by Gasteiger charge is 2.19. The lowest BCUT2D eigenvalue weighted by Crippen LogP contribution is -2.33. The number of aryl methyl sites for hydroxylation is 1. The van der Waals surface area contributed by atoms with Crippen LogP contribution in [0.1, 0.15) is 63.5 Å². The molecule has 1 heterocycles. The Hall–Kier alpha value is -3.16. The maximum Gasteiger partial charge on any atom is 0.335 e. The van der Waals surface area contributed by atoms with E-state index < -0.39 is 17.1 Å². The third-order valence-electron chi connectivity index (χ3n) is 4.57. The van der Waals surface area contributed by atoms with Crippen molar-refractivity contribution >= 4 is 11.6 Å². The summed E-state index contributed by atoms with van der Waals surface area (Å²) in [5.74, 6) is -0.768. The monoisotopic (exact) mass is 400 g/mol. The number of H-pyrrole nitrogens is 1. The van der Waals surface area contributed by atoms with Gasteiger partial charge >= 0.3 is 5.69 Å². The van der Waals surface area contributed by atoms with E-state index in [9.17, 15) is 19.5 Å². The summed E-state index contributed by atoms with van der Waals surface area (Å²) in [6.07, 6.45) is 4.50. The zero-order valence-corrected chi connectivity index (χ0v) is 17.1. The number of amides is 1. The van der Waals surface area contributed by atoms with E-state index in [4.69, 9.17) is 0 Å². The number of nitrogens with zero attached hydrogens (tertiary/aromatic N) is 2. The van der Waals surface area contributed by atoms with Crippen molar-refractivity contribution in [3.05, 3.63) is 56.2 Å². The summed E-state index contributed by atoms with van der Waals surface area (Å²) in [6.45, 7) is 5.74. The second-order valence-electron chi connectivity index (χ2n) is 6.89. The highest BCUT2D eigenvalue weighted by Crippen LogP contribution is 2.18. The molecule has 0 unspecified atom stereocenters. The van der Waals surface area contributed by atoms with Crippen LogP contribution in [-0.4, -0.2) is 26.3 Å². The molecule has 0 aliphatic heterocycles. The van der Waals surface area contributed by atoms with Gasteiger partial charge in [-0.15, -0.1) is 0 Å². The summed E-state index contributed by atoms with van der Waals surface area (Å²) in [5, 5.41) is 14.7. The second-order valence-corrected chi connectivity index (χ2v) is 6.89. The van der Waals surface area contributed by atoms with Gasteiger partial charge in [0.25, 0.3) is 5.56 Å². The zero-order valence-electron chi connectivity index (χ0n) is 17.1. The number of unbranched alkanes of at least 4 members (excludes halogenated alkanes) is 3. The molecule has 1 amide bonds. The van der Waals surface area contributed by atoms with Gasteiger partial charge < -0.3 is 5.11 Å². The van der Waals surface area contributed by atoms with Gasteiger partial charge in [0.15, 0.2) is 0 Å². The minimum absolute atomic E-state index is 0.140. The molecule has 8 heteroatoms. The van der Waals surface area contributed by atoms with Gasteiger partial charge in [-0.1, -0.05) is 50.8 Å². The molecule has 0 saturated heterocycles. The topological polar surface area (TPSA) is 117 Å². The Labute approximate surface area is 169 Å². The standard InChI is InChI=1S/C21H28N4O4/c1-4-6-7-8-9-17(26)24-23-16(5-2)18-19(27)22-21(29)25(20(18)28)15-12-10-14(3)11-13-15/h10-13,28H,4-9H2,1-3H3,(H,24,26)(H,22,27,29)/b23-16-. The first-order valence-corrected chi connectivity index (χ1v) is 9.90. The van der Waals surface area contributed by atoms with Crippen LogP contribution in [0, 0.1) is 6.92 Å². The molecule has 0 atom stereocenters. The number of carbonyl (C=O) groups excluding carboxylic acids is 1. The first-order valence-electron chi connectivity index (χ1n) is 9.90. The van der Waals surface area contributed by atoms with Crippen molar-refractivity contribution in [2.45, 2.75) is 59.3 Å². The van der Waals surface area contributed by atoms with E-state index >= 15 is 0 Å². The average molecular weight is 400 g/mol. The van der Waals surface area contributed by atoms with Crippen LogP contribution in [0.5, 0.6) is 5.88 Å². The Balaban J connectivity index is 2.35. The molecule has 0 aliphatic carbocycles. The molecular weight excluding hydrogens is 372 g/mol. The summed E-state index contributed by atoms with van der Waals surface area (Å²) in [6, 6.07) is 6.91. The van der Waals surface area contributed by atoms with Gasteiger partial charge in [-0.2, -0.15) is 5.10 Å². The fourth-order valence-electron chi connectivity index (χ4n) is 2.93. The number of nitrogens with one attached hydrogen (secondary N) is 2. The number of rotatable bonds is 9. The number of aromatic hydroxyl groups is 1. The summed E-state index contributed by atoms with van der Waals surface area (Å²) < 4.78 is 1.01. The first kappa shape index (κ1) is 22.1. The summed E-state index contributed by atoms with van der Waals surface area (Å²) in [5.41, 5.74) is 2.38. The van der Waals surface area contributed by atoms with Gasteiger partial charge in [-0.3, -0.25) is 14.6 Å². The van der Waals surface area contributed by atoms with E-state index in [-0.39, 0.29) is 23.6 Å². The molecule has 0 radical (unpaired) electrons. The molecular formula is C21H28N4O4. The Bertz CT molecular complexity index is 987. The molecule has 0 saturated carbocycles. The summed E-state index contributed by atoms with van der Waals surface area (Å²) >= 11 is 0. The smallest absolute Gasteiger partial charge is 0.335 e. The van der Waals surface area contributed by atoms with Crippen molar-refractivity contribution in [3.8, 4) is 11.6 Å². The van der Waals surface area contributed by atoms with Crippen molar-refractivity contribution in [1.82, 2.24) is 15.0 Å². The number of hydrazone groups is 1.